The van der Waals surface area contributed by atoms with Crippen LogP contribution in [0, 0.1) is 18.3 Å². The average Bonchev–Trinajstić information content (AvgIpc) is 3.57. The van der Waals surface area contributed by atoms with Crippen molar-refractivity contribution in [3.8, 4) is 12.3 Å². The Morgan fingerprint density at radius 1 is 1.26 bits per heavy atom. The van der Waals surface area contributed by atoms with Crippen LogP contribution in [-0.4, -0.2) is 36.7 Å². The quantitative estimate of drug-likeness (QED) is 0.607. The molecule has 1 aromatic carbocycles. The van der Waals surface area contributed by atoms with E-state index in [0.29, 0.717) is 17.2 Å². The summed E-state index contributed by atoms with van der Waals surface area (Å²) in [4.78, 5) is 29.7. The Hall–Kier alpha value is -3.74. The third-order valence-electron chi connectivity index (χ3n) is 4.58. The minimum Gasteiger partial charge on any atom is -0.343 e. The zero-order chi connectivity index (χ0) is 22.6. The molecule has 1 fully saturated rings. The van der Waals surface area contributed by atoms with Gasteiger partial charge < -0.3 is 20.9 Å². The van der Waals surface area contributed by atoms with Crippen molar-refractivity contribution < 1.29 is 22.8 Å². The van der Waals surface area contributed by atoms with Gasteiger partial charge in [0.2, 0.25) is 5.91 Å². The number of benzene rings is 1. The van der Waals surface area contributed by atoms with Crippen LogP contribution in [0.3, 0.4) is 0 Å². The van der Waals surface area contributed by atoms with Crippen LogP contribution in [-0.2, 0) is 4.79 Å². The number of nitrogens with one attached hydrogen (secondary N) is 3. The van der Waals surface area contributed by atoms with E-state index in [9.17, 15) is 22.8 Å². The van der Waals surface area contributed by atoms with Gasteiger partial charge in [-0.1, -0.05) is 12.0 Å². The van der Waals surface area contributed by atoms with Gasteiger partial charge in [0, 0.05) is 30.9 Å². The van der Waals surface area contributed by atoms with Crippen LogP contribution < -0.4 is 20.9 Å². The van der Waals surface area contributed by atoms with Crippen LogP contribution >= 0.6 is 0 Å². The molecule has 31 heavy (non-hydrogen) atoms. The number of terminal acetylenes is 1. The molecule has 0 aliphatic heterocycles. The molecule has 1 heterocycles. The van der Waals surface area contributed by atoms with Gasteiger partial charge in [-0.25, -0.2) is 9.78 Å². The lowest BCUT2D eigenvalue weighted by molar-refractivity contribution is -0.122. The van der Waals surface area contributed by atoms with Crippen LogP contribution in [0.2, 0.25) is 0 Å². The molecule has 3 N–H and O–H groups in total. The first-order chi connectivity index (χ1) is 14.7. The lowest BCUT2D eigenvalue weighted by atomic mass is 10.1. The van der Waals surface area contributed by atoms with Crippen molar-refractivity contribution in [1.82, 2.24) is 10.3 Å². The van der Waals surface area contributed by atoms with E-state index < -0.39 is 18.8 Å². The van der Waals surface area contributed by atoms with E-state index in [4.69, 9.17) is 6.42 Å². The van der Waals surface area contributed by atoms with E-state index in [1.54, 1.807) is 41.5 Å². The fourth-order valence-corrected chi connectivity index (χ4v) is 2.83. The minimum absolute atomic E-state index is 0.0301. The van der Waals surface area contributed by atoms with Crippen molar-refractivity contribution in [3.05, 3.63) is 42.1 Å². The summed E-state index contributed by atoms with van der Waals surface area (Å²) >= 11 is 0. The van der Waals surface area contributed by atoms with E-state index in [1.807, 2.05) is 0 Å². The van der Waals surface area contributed by atoms with Crippen molar-refractivity contribution in [2.75, 3.05) is 29.1 Å². The van der Waals surface area contributed by atoms with Gasteiger partial charge in [-0.15, -0.1) is 6.42 Å². The van der Waals surface area contributed by atoms with E-state index in [-0.39, 0.29) is 23.1 Å². The summed E-state index contributed by atoms with van der Waals surface area (Å²) in [6.45, 7) is -1.46. The molecule has 0 saturated heterocycles. The Balaban J connectivity index is 1.79. The number of hydrogen-bond donors (Lipinski definition) is 3. The lowest BCUT2D eigenvalue weighted by Gasteiger charge is -2.23. The highest BCUT2D eigenvalue weighted by Crippen LogP contribution is 2.33. The van der Waals surface area contributed by atoms with Crippen LogP contribution in [0.1, 0.15) is 18.4 Å². The number of anilines is 4. The second kappa shape index (κ2) is 8.95. The van der Waals surface area contributed by atoms with E-state index in [2.05, 4.69) is 21.5 Å². The molecule has 10 heteroatoms. The number of carbonyl (C=O) groups excluding carboxylic acids is 2. The molecule has 1 aromatic heterocycles. The van der Waals surface area contributed by atoms with E-state index >= 15 is 0 Å². The van der Waals surface area contributed by atoms with Gasteiger partial charge in [-0.3, -0.25) is 4.79 Å². The summed E-state index contributed by atoms with van der Waals surface area (Å²) in [6, 6.07) is 7.18. The molecule has 1 aliphatic rings. The smallest absolute Gasteiger partial charge is 0.343 e. The average molecular weight is 431 g/mol. The second-order valence-corrected chi connectivity index (χ2v) is 6.99. The van der Waals surface area contributed by atoms with Crippen molar-refractivity contribution >= 4 is 34.8 Å². The zero-order valence-electron chi connectivity index (χ0n) is 16.6. The van der Waals surface area contributed by atoms with Gasteiger partial charge >= 0.3 is 12.2 Å². The zero-order valence-corrected chi connectivity index (χ0v) is 16.6. The number of hydrogen-bond acceptors (Lipinski definition) is 4. The largest absolute Gasteiger partial charge is 0.405 e. The fourth-order valence-electron chi connectivity index (χ4n) is 2.83. The first-order valence-electron chi connectivity index (χ1n) is 9.40. The first-order valence-corrected chi connectivity index (χ1v) is 9.40. The number of aromatic nitrogens is 1. The molecule has 1 saturated carbocycles. The molecule has 1 aliphatic carbocycles. The molecule has 0 spiro atoms. The monoisotopic (exact) mass is 431 g/mol. The van der Waals surface area contributed by atoms with Crippen molar-refractivity contribution in [2.45, 2.75) is 19.0 Å². The van der Waals surface area contributed by atoms with Gasteiger partial charge in [0.25, 0.3) is 0 Å². The minimum atomic E-state index is -4.53. The molecule has 7 nitrogen and oxygen atoms in total. The van der Waals surface area contributed by atoms with Crippen molar-refractivity contribution in [3.63, 3.8) is 0 Å². The maximum Gasteiger partial charge on any atom is 0.405 e. The molecular formula is C21H20F3N5O2. The summed E-state index contributed by atoms with van der Waals surface area (Å²) < 4.78 is 36.9. The Morgan fingerprint density at radius 3 is 2.65 bits per heavy atom. The topological polar surface area (TPSA) is 86.4 Å². The van der Waals surface area contributed by atoms with Crippen LogP contribution in [0.4, 0.5) is 40.8 Å². The molecule has 0 bridgehead atoms. The summed E-state index contributed by atoms with van der Waals surface area (Å²) in [5, 5.41) is 6.85. The van der Waals surface area contributed by atoms with Gasteiger partial charge in [-0.05, 0) is 31.0 Å². The van der Waals surface area contributed by atoms with E-state index in [0.717, 1.165) is 12.8 Å². The summed E-state index contributed by atoms with van der Waals surface area (Å²) in [5.41, 5.74) is 1.66. The number of urea groups is 1. The van der Waals surface area contributed by atoms with E-state index in [1.165, 1.54) is 12.3 Å². The summed E-state index contributed by atoms with van der Waals surface area (Å²) in [7, 11) is 1.73. The van der Waals surface area contributed by atoms with Gasteiger partial charge in [0.05, 0.1) is 16.9 Å². The SMILES string of the molecule is C#Cc1c(NC(=O)NCC(F)(F)F)cccc1N(C)c1ccnc(NC(=O)C2CC2)c1. The van der Waals surface area contributed by atoms with Crippen LogP contribution in [0.5, 0.6) is 0 Å². The molecule has 0 radical (unpaired) electrons. The number of amides is 3. The Kier molecular flexibility index (Phi) is 6.34. The first kappa shape index (κ1) is 22.0. The van der Waals surface area contributed by atoms with Gasteiger partial charge in [0.1, 0.15) is 12.4 Å². The molecular weight excluding hydrogens is 411 g/mol. The number of rotatable bonds is 6. The summed E-state index contributed by atoms with van der Waals surface area (Å²) in [6.07, 6.45) is 4.37. The van der Waals surface area contributed by atoms with Crippen molar-refractivity contribution in [1.29, 1.82) is 0 Å². The van der Waals surface area contributed by atoms with Gasteiger partial charge in [0.15, 0.2) is 0 Å². The molecule has 0 unspecified atom stereocenters. The Bertz CT molecular complexity index is 1030. The Morgan fingerprint density at radius 2 is 2.00 bits per heavy atom. The van der Waals surface area contributed by atoms with Crippen molar-refractivity contribution in [2.24, 2.45) is 5.92 Å². The highest BCUT2D eigenvalue weighted by Gasteiger charge is 2.30. The third kappa shape index (κ3) is 5.88. The standard InChI is InChI=1S/C21H20F3N5O2/c1-3-15-16(27-20(31)26-12-21(22,23)24)5-4-6-17(15)29(2)14-9-10-25-18(11-14)28-19(30)13-7-8-13/h1,4-6,9-11,13H,7-8,12H2,2H3,(H,25,28,30)(H2,26,27,31). The molecule has 2 aromatic rings. The predicted molar refractivity (Wildman–Crippen MR) is 111 cm³/mol. The number of pyridine rings is 1. The maximum absolute atomic E-state index is 12.3. The third-order valence-corrected chi connectivity index (χ3v) is 4.58. The molecule has 162 valence electrons. The molecule has 3 amide bonds. The van der Waals surface area contributed by atoms with Gasteiger partial charge in [-0.2, -0.15) is 13.2 Å². The van der Waals surface area contributed by atoms with Crippen LogP contribution in [0.25, 0.3) is 0 Å². The Labute approximate surface area is 177 Å². The van der Waals surface area contributed by atoms with Crippen LogP contribution in [0.15, 0.2) is 36.5 Å². The highest BCUT2D eigenvalue weighted by atomic mass is 19.4. The number of alkyl halides is 3. The molecule has 3 rings (SSSR count). The number of nitrogens with zero attached hydrogens (tertiary/aromatic N) is 2. The maximum atomic E-state index is 12.3. The number of carbonyl (C=O) groups is 2. The lowest BCUT2D eigenvalue weighted by Crippen LogP contribution is -2.36. The normalized spacial score (nSPS) is 13.1. The number of halogens is 3. The molecule has 0 atom stereocenters. The fraction of sp³-hybridized carbons (Fsp3) is 0.286. The second-order valence-electron chi connectivity index (χ2n) is 6.99. The highest BCUT2D eigenvalue weighted by molar-refractivity contribution is 5.94. The summed E-state index contributed by atoms with van der Waals surface area (Å²) in [5.74, 6) is 2.82. The predicted octanol–water partition coefficient (Wildman–Crippen LogP) is 3.86.